The van der Waals surface area contributed by atoms with E-state index in [4.69, 9.17) is 28.6 Å². The van der Waals surface area contributed by atoms with Crippen molar-refractivity contribution in [3.8, 4) is 51.0 Å². The molecule has 0 saturated heterocycles. The van der Waals surface area contributed by atoms with Gasteiger partial charge < -0.3 is 28.6 Å². The fraction of sp³-hybridized carbons (Fsp3) is 0.400. The summed E-state index contributed by atoms with van der Waals surface area (Å²) in [5, 5.41) is 10.8. The minimum Gasteiger partial charge on any atom is -0.535 e. The highest BCUT2D eigenvalue weighted by molar-refractivity contribution is 9.11. The van der Waals surface area contributed by atoms with Crippen molar-refractivity contribution < 1.29 is 61.0 Å². The highest BCUT2D eigenvalue weighted by Crippen LogP contribution is 2.46. The van der Waals surface area contributed by atoms with Crippen LogP contribution >= 0.6 is 31.9 Å². The van der Waals surface area contributed by atoms with Crippen LogP contribution in [0.15, 0.2) is 112 Å². The average molecular weight is 1310 g/mol. The summed E-state index contributed by atoms with van der Waals surface area (Å²) in [4.78, 5) is 47.2. The van der Waals surface area contributed by atoms with Crippen molar-refractivity contribution in [3.63, 3.8) is 0 Å². The Morgan fingerprint density at radius 3 is 1.03 bits per heavy atom. The third-order valence-electron chi connectivity index (χ3n) is 14.4. The number of rotatable bonds is 29. The van der Waals surface area contributed by atoms with Crippen LogP contribution < -0.4 is 23.6 Å². The van der Waals surface area contributed by atoms with E-state index >= 15 is 8.78 Å². The lowest BCUT2D eigenvalue weighted by molar-refractivity contribution is -0.132. The van der Waals surface area contributed by atoms with Crippen LogP contribution in [-0.4, -0.2) is 36.6 Å². The fourth-order valence-corrected chi connectivity index (χ4v) is 11.0. The molecular weight excluding hydrogens is 1230 g/mol. The van der Waals surface area contributed by atoms with Gasteiger partial charge in [-0.2, -0.15) is 0 Å². The van der Waals surface area contributed by atoms with Gasteiger partial charge in [0.25, 0.3) is 0 Å². The molecule has 1 N–H and O–H groups in total. The van der Waals surface area contributed by atoms with Gasteiger partial charge in [0.1, 0.15) is 28.9 Å². The number of esters is 4. The number of benzene rings is 7. The zero-order valence-electron chi connectivity index (χ0n) is 50.8. The van der Waals surface area contributed by atoms with Crippen LogP contribution in [-0.2, 0) is 38.4 Å². The Kier molecular flexibility index (Phi) is 30.5. The van der Waals surface area contributed by atoms with Crippen molar-refractivity contribution in [1.29, 1.82) is 0 Å². The molecule has 0 aliphatic rings. The Morgan fingerprint density at radius 1 is 0.384 bits per heavy atom. The number of carbonyl (C=O) groups excluding carboxylic acids is 4. The molecule has 86 heavy (non-hydrogen) atoms. The first kappa shape index (κ1) is 70.3. The minimum absolute atomic E-state index is 0.0842. The molecular formula is C70H81BBr2F3O10. The normalized spacial score (nSPS) is 10.8. The van der Waals surface area contributed by atoms with Crippen LogP contribution in [0.5, 0.6) is 28.7 Å². The Morgan fingerprint density at radius 2 is 0.686 bits per heavy atom. The lowest BCUT2D eigenvalue weighted by Crippen LogP contribution is -2.07. The molecule has 7 aromatic carbocycles. The molecule has 0 aromatic heterocycles. The fourth-order valence-electron chi connectivity index (χ4n) is 10.1. The first-order chi connectivity index (χ1) is 41.4. The van der Waals surface area contributed by atoms with Crippen molar-refractivity contribution in [2.24, 2.45) is 0 Å². The molecule has 0 bridgehead atoms. The molecule has 0 atom stereocenters. The van der Waals surface area contributed by atoms with Crippen LogP contribution in [0.25, 0.3) is 43.8 Å². The van der Waals surface area contributed by atoms with E-state index < -0.39 is 41.3 Å². The zero-order chi connectivity index (χ0) is 62.5. The number of hydrogen-bond acceptors (Lipinski definition) is 10. The lowest BCUT2D eigenvalue weighted by Gasteiger charge is -2.18. The van der Waals surface area contributed by atoms with Crippen molar-refractivity contribution in [1.82, 2.24) is 0 Å². The Hall–Kier alpha value is -6.49. The molecule has 7 aromatic rings. The smallest absolute Gasteiger partial charge is 0.535 e. The monoisotopic (exact) mass is 1310 g/mol. The van der Waals surface area contributed by atoms with Gasteiger partial charge in [-0.05, 0) is 172 Å². The van der Waals surface area contributed by atoms with Crippen LogP contribution in [0.4, 0.5) is 13.2 Å². The van der Waals surface area contributed by atoms with Gasteiger partial charge in [-0.15, -0.1) is 0 Å². The molecule has 1 radical (unpaired) electrons. The van der Waals surface area contributed by atoms with E-state index in [1.165, 1.54) is 129 Å². The minimum atomic E-state index is -0.570. The first-order valence-corrected chi connectivity index (χ1v) is 31.7. The number of halogens is 5. The second-order valence-corrected chi connectivity index (χ2v) is 23.1. The predicted octanol–water partition coefficient (Wildman–Crippen LogP) is 20.0. The van der Waals surface area contributed by atoms with E-state index in [-0.39, 0.29) is 17.2 Å². The molecule has 0 fully saturated rings. The van der Waals surface area contributed by atoms with Crippen LogP contribution in [0.2, 0.25) is 0 Å². The molecule has 0 unspecified atom stereocenters. The van der Waals surface area contributed by atoms with Gasteiger partial charge in [0.15, 0.2) is 17.3 Å². The van der Waals surface area contributed by atoms with Crippen LogP contribution in [0.1, 0.15) is 181 Å². The number of fused-ring (bicyclic) bond motifs is 2. The maximum atomic E-state index is 15.4. The molecule has 0 saturated carbocycles. The molecule has 0 spiro atoms. The van der Waals surface area contributed by atoms with Gasteiger partial charge in [-0.3, -0.25) is 19.2 Å². The van der Waals surface area contributed by atoms with Gasteiger partial charge in [0, 0.05) is 71.5 Å². The van der Waals surface area contributed by atoms with Crippen molar-refractivity contribution in [3.05, 3.63) is 146 Å². The maximum Gasteiger partial charge on any atom is 0.569 e. The summed E-state index contributed by atoms with van der Waals surface area (Å²) in [6.07, 6.45) is 24.0. The van der Waals surface area contributed by atoms with E-state index in [1.807, 2.05) is 12.1 Å². The predicted molar refractivity (Wildman–Crippen MR) is 346 cm³/mol. The highest BCUT2D eigenvalue weighted by Gasteiger charge is 2.23. The number of ether oxygens (including phenoxy) is 4. The number of unbranched alkanes of at least 4 members (excludes halogenated alkanes) is 15. The molecule has 10 nitrogen and oxygen atoms in total. The van der Waals surface area contributed by atoms with Crippen LogP contribution in [0, 0.1) is 17.5 Å². The Bertz CT molecular complexity index is 3180. The summed E-state index contributed by atoms with van der Waals surface area (Å²) in [5.74, 6) is -2.10. The van der Waals surface area contributed by atoms with Gasteiger partial charge >= 0.3 is 31.6 Å². The summed E-state index contributed by atoms with van der Waals surface area (Å²) in [6, 6.07) is 28.8. The highest BCUT2D eigenvalue weighted by atomic mass is 79.9. The van der Waals surface area contributed by atoms with E-state index in [2.05, 4.69) is 52.6 Å². The quantitative estimate of drug-likeness (QED) is 0.0209. The van der Waals surface area contributed by atoms with Crippen LogP contribution in [0.3, 0.4) is 0 Å². The average Bonchev–Trinajstić information content (AvgIpc) is 1.01. The maximum absolute atomic E-state index is 15.4. The van der Waals surface area contributed by atoms with Crippen molar-refractivity contribution >= 4 is 85.0 Å². The summed E-state index contributed by atoms with van der Waals surface area (Å²) in [7, 11) is 0.507. The lowest BCUT2D eigenvalue weighted by atomic mass is 9.93. The second kappa shape index (κ2) is 37.3. The van der Waals surface area contributed by atoms with Gasteiger partial charge in [-0.1, -0.05) is 135 Å². The molecule has 0 aliphatic carbocycles. The molecule has 0 heterocycles. The largest absolute Gasteiger partial charge is 0.569 e. The SMILES string of the molecule is CC(=O)Oc1c(Br)ccc2c(OC(C)=O)c(Br)ccc12.CCCCCCCCc1ccc(F)c(-c2ccc3c(OC(C)=O)c(-c4cc(CCCCCCCC)ccc4F)ccc3c2OC(C)=O)c1.CCCCCCCCc1ccc(F)c(O[B]O)c1. The topological polar surface area (TPSA) is 135 Å². The second-order valence-electron chi connectivity index (χ2n) is 21.4. The molecule has 16 heteroatoms. The van der Waals surface area contributed by atoms with Gasteiger partial charge in [0.05, 0.1) is 8.95 Å². The summed E-state index contributed by atoms with van der Waals surface area (Å²) >= 11 is 6.69. The van der Waals surface area contributed by atoms with Crippen molar-refractivity contribution in [2.75, 3.05) is 0 Å². The van der Waals surface area contributed by atoms with E-state index in [9.17, 15) is 23.6 Å². The number of hydrogen-bond donors (Lipinski definition) is 1. The van der Waals surface area contributed by atoms with E-state index in [0.717, 1.165) is 68.1 Å². The molecule has 7 rings (SSSR count). The Balaban J connectivity index is 0.000000289. The number of carbonyl (C=O) groups is 4. The molecule has 0 amide bonds. The summed E-state index contributed by atoms with van der Waals surface area (Å²) in [5.41, 5.74) is 4.52. The standard InChI is InChI=1S/C42H50F2O4.C14H21BFO2.C14H10Br2O4/c1-5-7-9-11-13-15-17-31-19-25-39(43)37(27-31)35-23-21-34-33(41(35)47-29(3)45)22-24-36(42(34)48-30(4)46)38-28-32(20-26-40(38)44)18-16-14-12-10-8-6-2;1-2-3-4-5-6-7-8-12-9-10-13(16)14(11-12)18-15-17;1-7(17)19-13-9-3-6-12(16)14(20-8(2)18)10(9)4-5-11(13)15/h19-28H,5-18H2,1-4H3;9-11,17H,2-8H2,1H3;3-6H,1-2H3. The third-order valence-corrected chi connectivity index (χ3v) is 15.6. The van der Waals surface area contributed by atoms with Crippen molar-refractivity contribution in [2.45, 2.75) is 183 Å². The zero-order valence-corrected chi connectivity index (χ0v) is 53.9. The molecule has 0 aliphatic heterocycles. The summed E-state index contributed by atoms with van der Waals surface area (Å²) in [6.45, 7) is 11.8. The van der Waals surface area contributed by atoms with Gasteiger partial charge in [0.2, 0.25) is 0 Å². The first-order valence-electron chi connectivity index (χ1n) is 30.1. The van der Waals surface area contributed by atoms with E-state index in [0.29, 0.717) is 71.9 Å². The van der Waals surface area contributed by atoms with Gasteiger partial charge in [-0.25, -0.2) is 13.2 Å². The number of aryl methyl sites for hydroxylation is 3. The third kappa shape index (κ3) is 22.0. The molecule has 459 valence electrons. The Labute approximate surface area is 523 Å². The van der Waals surface area contributed by atoms with E-state index in [1.54, 1.807) is 72.8 Å². The summed E-state index contributed by atoms with van der Waals surface area (Å²) < 4.78 is 72.0.